The highest BCUT2D eigenvalue weighted by atomic mass is 16.4. The predicted molar refractivity (Wildman–Crippen MR) is 81.6 cm³/mol. The number of carboxylic acids is 1. The molecule has 0 aromatic heterocycles. The van der Waals surface area contributed by atoms with Crippen molar-refractivity contribution >= 4 is 17.6 Å². The molecule has 1 heterocycles. The van der Waals surface area contributed by atoms with Crippen LogP contribution < -0.4 is 10.6 Å². The van der Waals surface area contributed by atoms with Gasteiger partial charge < -0.3 is 15.7 Å². The van der Waals surface area contributed by atoms with Crippen LogP contribution in [0.5, 0.6) is 0 Å². The SMILES string of the molecule is CCCCC(N)C(=O)N1CCCc2c(C(=O)O)cccc21. The summed E-state index contributed by atoms with van der Waals surface area (Å²) in [6.07, 6.45) is 4.04. The molecule has 2 rings (SSSR count). The zero-order chi connectivity index (χ0) is 15.4. The second-order valence-corrected chi connectivity index (χ2v) is 5.45. The monoisotopic (exact) mass is 290 g/mol. The molecule has 0 aliphatic carbocycles. The van der Waals surface area contributed by atoms with Crippen molar-refractivity contribution in [2.45, 2.75) is 45.1 Å². The molecule has 1 aliphatic heterocycles. The summed E-state index contributed by atoms with van der Waals surface area (Å²) < 4.78 is 0. The fourth-order valence-corrected chi connectivity index (χ4v) is 2.80. The Kier molecular flexibility index (Phi) is 4.96. The lowest BCUT2D eigenvalue weighted by molar-refractivity contribution is -0.120. The minimum absolute atomic E-state index is 0.105. The molecule has 1 aromatic rings. The maximum atomic E-state index is 12.5. The Morgan fingerprint density at radius 2 is 2.19 bits per heavy atom. The maximum absolute atomic E-state index is 12.5. The molecular formula is C16H22N2O3. The van der Waals surface area contributed by atoms with Gasteiger partial charge in [0.25, 0.3) is 0 Å². The molecule has 0 saturated carbocycles. The lowest BCUT2D eigenvalue weighted by atomic mass is 9.95. The van der Waals surface area contributed by atoms with Gasteiger partial charge in [-0.3, -0.25) is 4.79 Å². The van der Waals surface area contributed by atoms with Crippen molar-refractivity contribution in [3.63, 3.8) is 0 Å². The van der Waals surface area contributed by atoms with Gasteiger partial charge in [0.2, 0.25) is 5.91 Å². The quantitative estimate of drug-likeness (QED) is 0.870. The van der Waals surface area contributed by atoms with Crippen molar-refractivity contribution < 1.29 is 14.7 Å². The maximum Gasteiger partial charge on any atom is 0.336 e. The number of unbranched alkanes of at least 4 members (excludes halogenated alkanes) is 1. The van der Waals surface area contributed by atoms with Crippen molar-refractivity contribution in [2.75, 3.05) is 11.4 Å². The molecule has 1 aromatic carbocycles. The van der Waals surface area contributed by atoms with Gasteiger partial charge in [0.05, 0.1) is 11.6 Å². The van der Waals surface area contributed by atoms with E-state index < -0.39 is 12.0 Å². The average Bonchev–Trinajstić information content (AvgIpc) is 2.50. The van der Waals surface area contributed by atoms with Crippen LogP contribution in [-0.2, 0) is 11.2 Å². The fraction of sp³-hybridized carbons (Fsp3) is 0.500. The van der Waals surface area contributed by atoms with Crippen LogP contribution in [0.2, 0.25) is 0 Å². The third kappa shape index (κ3) is 3.24. The Bertz CT molecular complexity index is 542. The van der Waals surface area contributed by atoms with E-state index in [0.717, 1.165) is 24.8 Å². The zero-order valence-electron chi connectivity index (χ0n) is 12.3. The largest absolute Gasteiger partial charge is 0.478 e. The van der Waals surface area contributed by atoms with Crippen molar-refractivity contribution in [2.24, 2.45) is 5.73 Å². The number of nitrogens with zero attached hydrogens (tertiary/aromatic N) is 1. The molecule has 1 amide bonds. The lowest BCUT2D eigenvalue weighted by Crippen LogP contribution is -2.46. The Labute approximate surface area is 124 Å². The third-order valence-electron chi connectivity index (χ3n) is 3.93. The number of fused-ring (bicyclic) bond motifs is 1. The standard InChI is InChI=1S/C16H22N2O3/c1-2-3-8-13(17)15(19)18-10-5-7-11-12(16(20)21)6-4-9-14(11)18/h4,6,9,13H,2-3,5,7-8,10,17H2,1H3,(H,20,21). The summed E-state index contributed by atoms with van der Waals surface area (Å²) in [5.41, 5.74) is 7.72. The molecule has 1 aliphatic rings. The summed E-state index contributed by atoms with van der Waals surface area (Å²) in [7, 11) is 0. The van der Waals surface area contributed by atoms with Gasteiger partial charge in [-0.2, -0.15) is 0 Å². The lowest BCUT2D eigenvalue weighted by Gasteiger charge is -2.32. The predicted octanol–water partition coefficient (Wildman–Crippen LogP) is 2.18. The van der Waals surface area contributed by atoms with Gasteiger partial charge in [0.1, 0.15) is 0 Å². The van der Waals surface area contributed by atoms with Gasteiger partial charge in [-0.15, -0.1) is 0 Å². The van der Waals surface area contributed by atoms with Gasteiger partial charge in [-0.1, -0.05) is 25.8 Å². The van der Waals surface area contributed by atoms with Crippen LogP contribution >= 0.6 is 0 Å². The van der Waals surface area contributed by atoms with E-state index >= 15 is 0 Å². The Balaban J connectivity index is 2.28. The van der Waals surface area contributed by atoms with E-state index in [0.29, 0.717) is 25.1 Å². The first-order chi connectivity index (χ1) is 10.1. The van der Waals surface area contributed by atoms with E-state index in [1.807, 2.05) is 6.07 Å². The molecule has 0 spiro atoms. The number of carbonyl (C=O) groups excluding carboxylic acids is 1. The normalized spacial score (nSPS) is 15.4. The highest BCUT2D eigenvalue weighted by Gasteiger charge is 2.28. The number of anilines is 1. The first kappa shape index (κ1) is 15.5. The summed E-state index contributed by atoms with van der Waals surface area (Å²) in [6.45, 7) is 2.67. The Morgan fingerprint density at radius 3 is 2.86 bits per heavy atom. The molecule has 0 bridgehead atoms. The van der Waals surface area contributed by atoms with Gasteiger partial charge in [0, 0.05) is 12.2 Å². The minimum atomic E-state index is -0.948. The summed E-state index contributed by atoms with van der Waals surface area (Å²) in [5.74, 6) is -1.05. The highest BCUT2D eigenvalue weighted by molar-refractivity contribution is 6.00. The van der Waals surface area contributed by atoms with Crippen LogP contribution in [0, 0.1) is 0 Å². The second kappa shape index (κ2) is 6.72. The van der Waals surface area contributed by atoms with Crippen LogP contribution in [0.3, 0.4) is 0 Å². The molecule has 5 heteroatoms. The highest BCUT2D eigenvalue weighted by Crippen LogP contribution is 2.30. The first-order valence-electron chi connectivity index (χ1n) is 7.48. The van der Waals surface area contributed by atoms with Gasteiger partial charge >= 0.3 is 5.97 Å². The number of carbonyl (C=O) groups is 2. The molecule has 0 saturated heterocycles. The number of aromatic carboxylic acids is 1. The van der Waals surface area contributed by atoms with Crippen LogP contribution in [0.25, 0.3) is 0 Å². The molecule has 114 valence electrons. The molecule has 1 unspecified atom stereocenters. The number of hydrogen-bond donors (Lipinski definition) is 2. The molecule has 3 N–H and O–H groups in total. The van der Waals surface area contributed by atoms with Gasteiger partial charge in [0.15, 0.2) is 0 Å². The average molecular weight is 290 g/mol. The van der Waals surface area contributed by atoms with Crippen molar-refractivity contribution in [1.82, 2.24) is 0 Å². The second-order valence-electron chi connectivity index (χ2n) is 5.45. The summed E-state index contributed by atoms with van der Waals surface area (Å²) in [4.78, 5) is 25.5. The Hall–Kier alpha value is -1.88. The van der Waals surface area contributed by atoms with Crippen molar-refractivity contribution in [3.8, 4) is 0 Å². The zero-order valence-corrected chi connectivity index (χ0v) is 12.3. The van der Waals surface area contributed by atoms with Crippen LogP contribution in [0.1, 0.15) is 48.5 Å². The smallest absolute Gasteiger partial charge is 0.336 e. The van der Waals surface area contributed by atoms with Gasteiger partial charge in [-0.05, 0) is 37.0 Å². The van der Waals surface area contributed by atoms with E-state index in [9.17, 15) is 14.7 Å². The third-order valence-corrected chi connectivity index (χ3v) is 3.93. The fourth-order valence-electron chi connectivity index (χ4n) is 2.80. The molecule has 0 radical (unpaired) electrons. The number of rotatable bonds is 5. The van der Waals surface area contributed by atoms with E-state index in [1.54, 1.807) is 17.0 Å². The summed E-state index contributed by atoms with van der Waals surface area (Å²) in [6, 6.07) is 4.58. The number of carboxylic acid groups (broad SMARTS) is 1. The topological polar surface area (TPSA) is 83.6 Å². The van der Waals surface area contributed by atoms with Crippen LogP contribution in [0.4, 0.5) is 5.69 Å². The molecule has 0 fully saturated rings. The molecule has 1 atom stereocenters. The van der Waals surface area contributed by atoms with E-state index in [1.165, 1.54) is 0 Å². The minimum Gasteiger partial charge on any atom is -0.478 e. The number of amides is 1. The summed E-state index contributed by atoms with van der Waals surface area (Å²) >= 11 is 0. The number of benzene rings is 1. The molecule has 21 heavy (non-hydrogen) atoms. The van der Waals surface area contributed by atoms with E-state index in [-0.39, 0.29) is 11.5 Å². The number of hydrogen-bond acceptors (Lipinski definition) is 3. The van der Waals surface area contributed by atoms with Gasteiger partial charge in [-0.25, -0.2) is 4.79 Å². The number of nitrogens with two attached hydrogens (primary N) is 1. The first-order valence-corrected chi connectivity index (χ1v) is 7.48. The van der Waals surface area contributed by atoms with Crippen LogP contribution in [-0.4, -0.2) is 29.6 Å². The molecule has 5 nitrogen and oxygen atoms in total. The Morgan fingerprint density at radius 1 is 1.43 bits per heavy atom. The van der Waals surface area contributed by atoms with E-state index in [2.05, 4.69) is 6.92 Å². The van der Waals surface area contributed by atoms with Crippen LogP contribution in [0.15, 0.2) is 18.2 Å². The van der Waals surface area contributed by atoms with Crippen molar-refractivity contribution in [3.05, 3.63) is 29.3 Å². The molecular weight excluding hydrogens is 268 g/mol. The summed E-state index contributed by atoms with van der Waals surface area (Å²) in [5, 5.41) is 9.26. The van der Waals surface area contributed by atoms with Crippen molar-refractivity contribution in [1.29, 1.82) is 0 Å². The van der Waals surface area contributed by atoms with E-state index in [4.69, 9.17) is 5.73 Å².